The van der Waals surface area contributed by atoms with E-state index in [1.807, 2.05) is 50.3 Å². The van der Waals surface area contributed by atoms with Crippen LogP contribution < -0.4 is 10.6 Å². The van der Waals surface area contributed by atoms with Gasteiger partial charge < -0.3 is 10.6 Å². The van der Waals surface area contributed by atoms with Crippen LogP contribution in [-0.2, 0) is 15.0 Å². The lowest BCUT2D eigenvalue weighted by Crippen LogP contribution is -2.48. The maximum absolute atomic E-state index is 13.7. The lowest BCUT2D eigenvalue weighted by atomic mass is 9.59. The molecule has 0 radical (unpaired) electrons. The number of nitrogens with one attached hydrogen (secondary N) is 2. The molecular formula is C23H22Cl2N2O2. The quantitative estimate of drug-likeness (QED) is 0.655. The molecule has 2 amide bonds. The van der Waals surface area contributed by atoms with Crippen LogP contribution in [0.3, 0.4) is 0 Å². The number of benzene rings is 2. The van der Waals surface area contributed by atoms with E-state index in [0.717, 1.165) is 16.7 Å². The molecule has 2 aromatic rings. The number of allylic oxidation sites excluding steroid dienone is 2. The molecule has 0 unspecified atom stereocenters. The normalized spacial score (nSPS) is 26.7. The molecule has 4 rings (SSSR count). The van der Waals surface area contributed by atoms with Crippen LogP contribution in [0.2, 0.25) is 10.0 Å². The van der Waals surface area contributed by atoms with Crippen LogP contribution >= 0.6 is 23.2 Å². The Labute approximate surface area is 180 Å². The predicted octanol–water partition coefficient (Wildman–Crippen LogP) is 5.07. The van der Waals surface area contributed by atoms with Crippen molar-refractivity contribution < 1.29 is 9.59 Å². The maximum Gasteiger partial charge on any atom is 0.236 e. The molecule has 0 saturated carbocycles. The van der Waals surface area contributed by atoms with Crippen LogP contribution in [0.5, 0.6) is 0 Å². The van der Waals surface area contributed by atoms with E-state index >= 15 is 0 Å². The Hall–Kier alpha value is -2.30. The Balaban J connectivity index is 2.04. The summed E-state index contributed by atoms with van der Waals surface area (Å²) in [5.74, 6) is -0.742. The minimum atomic E-state index is -0.944. The average molecular weight is 429 g/mol. The second-order valence-corrected chi connectivity index (χ2v) is 8.59. The van der Waals surface area contributed by atoms with Gasteiger partial charge in [0.25, 0.3) is 0 Å². The summed E-state index contributed by atoms with van der Waals surface area (Å²) in [6.07, 6.45) is 2.23. The first kappa shape index (κ1) is 20.0. The molecule has 1 saturated heterocycles. The third kappa shape index (κ3) is 3.15. The lowest BCUT2D eigenvalue weighted by molar-refractivity contribution is -0.124. The van der Waals surface area contributed by atoms with E-state index in [1.54, 1.807) is 12.1 Å². The number of anilines is 1. The molecule has 29 heavy (non-hydrogen) atoms. The van der Waals surface area contributed by atoms with Crippen molar-refractivity contribution in [3.63, 3.8) is 0 Å². The predicted molar refractivity (Wildman–Crippen MR) is 117 cm³/mol. The molecule has 2 heterocycles. The maximum atomic E-state index is 13.7. The number of halogens is 2. The summed E-state index contributed by atoms with van der Waals surface area (Å²) in [4.78, 5) is 26.4. The van der Waals surface area contributed by atoms with Crippen molar-refractivity contribution in [2.75, 3.05) is 11.9 Å². The van der Waals surface area contributed by atoms with Gasteiger partial charge in [-0.15, -0.1) is 0 Å². The molecule has 4 nitrogen and oxygen atoms in total. The van der Waals surface area contributed by atoms with Crippen molar-refractivity contribution >= 4 is 40.7 Å². The molecule has 1 spiro atoms. The van der Waals surface area contributed by atoms with Gasteiger partial charge in [0.1, 0.15) is 0 Å². The summed E-state index contributed by atoms with van der Waals surface area (Å²) in [5.41, 5.74) is 2.57. The fourth-order valence-electron chi connectivity index (χ4n) is 4.88. The second kappa shape index (κ2) is 7.51. The molecule has 2 aromatic carbocycles. The highest BCUT2D eigenvalue weighted by Crippen LogP contribution is 2.55. The van der Waals surface area contributed by atoms with E-state index in [1.165, 1.54) is 0 Å². The minimum absolute atomic E-state index is 0.0599. The first-order valence-corrected chi connectivity index (χ1v) is 10.4. The van der Waals surface area contributed by atoms with E-state index in [-0.39, 0.29) is 30.1 Å². The van der Waals surface area contributed by atoms with Crippen molar-refractivity contribution in [2.24, 2.45) is 5.92 Å². The van der Waals surface area contributed by atoms with Gasteiger partial charge in [-0.1, -0.05) is 53.1 Å². The molecule has 0 aromatic heterocycles. The van der Waals surface area contributed by atoms with E-state index in [9.17, 15) is 9.59 Å². The van der Waals surface area contributed by atoms with Crippen LogP contribution in [0.4, 0.5) is 5.69 Å². The summed E-state index contributed by atoms with van der Waals surface area (Å²) < 4.78 is 0. The number of rotatable bonds is 2. The Bertz CT molecular complexity index is 1030. The van der Waals surface area contributed by atoms with Gasteiger partial charge in [-0.2, -0.15) is 0 Å². The smallest absolute Gasteiger partial charge is 0.236 e. The SMILES string of the molecule is C/C=C(\C)[C@@H]1CC(=O)NC[C@H](c2cccc(Cl)c2)[C@@]12C(=O)Nc1cc(Cl)ccc12. The van der Waals surface area contributed by atoms with Crippen molar-refractivity contribution in [1.29, 1.82) is 0 Å². The third-order valence-electron chi connectivity index (χ3n) is 6.30. The van der Waals surface area contributed by atoms with Crippen LogP contribution in [0, 0.1) is 5.92 Å². The van der Waals surface area contributed by atoms with Crippen molar-refractivity contribution in [1.82, 2.24) is 5.32 Å². The van der Waals surface area contributed by atoms with Gasteiger partial charge >= 0.3 is 0 Å². The average Bonchev–Trinajstić information content (AvgIpc) is 2.86. The topological polar surface area (TPSA) is 58.2 Å². The molecule has 2 aliphatic rings. The van der Waals surface area contributed by atoms with Gasteiger partial charge in [-0.25, -0.2) is 0 Å². The fourth-order valence-corrected chi connectivity index (χ4v) is 5.26. The van der Waals surface area contributed by atoms with Crippen LogP contribution in [0.1, 0.15) is 37.3 Å². The number of carbonyl (C=O) groups is 2. The van der Waals surface area contributed by atoms with Gasteiger partial charge in [0.15, 0.2) is 0 Å². The van der Waals surface area contributed by atoms with Crippen molar-refractivity contribution in [3.05, 3.63) is 75.3 Å². The lowest BCUT2D eigenvalue weighted by Gasteiger charge is -2.41. The summed E-state index contributed by atoms with van der Waals surface area (Å²) in [7, 11) is 0. The Morgan fingerprint density at radius 3 is 2.62 bits per heavy atom. The molecule has 2 aliphatic heterocycles. The molecule has 3 atom stereocenters. The van der Waals surface area contributed by atoms with E-state index < -0.39 is 5.41 Å². The summed E-state index contributed by atoms with van der Waals surface area (Å²) in [6.45, 7) is 4.28. The van der Waals surface area contributed by atoms with Crippen molar-refractivity contribution in [2.45, 2.75) is 31.6 Å². The monoisotopic (exact) mass is 428 g/mol. The number of carbonyl (C=O) groups excluding carboxylic acids is 2. The molecule has 150 valence electrons. The largest absolute Gasteiger partial charge is 0.355 e. The van der Waals surface area contributed by atoms with Gasteiger partial charge in [0, 0.05) is 40.5 Å². The second-order valence-electron chi connectivity index (χ2n) is 7.71. The number of hydrogen-bond acceptors (Lipinski definition) is 2. The molecule has 6 heteroatoms. The summed E-state index contributed by atoms with van der Waals surface area (Å²) >= 11 is 12.5. The minimum Gasteiger partial charge on any atom is -0.355 e. The summed E-state index contributed by atoms with van der Waals surface area (Å²) in [6, 6.07) is 13.0. The molecule has 0 aliphatic carbocycles. The zero-order valence-electron chi connectivity index (χ0n) is 16.3. The highest BCUT2D eigenvalue weighted by molar-refractivity contribution is 6.31. The first-order valence-electron chi connectivity index (χ1n) is 9.64. The highest BCUT2D eigenvalue weighted by Gasteiger charge is 2.59. The first-order chi connectivity index (χ1) is 13.9. The van der Waals surface area contributed by atoms with Gasteiger partial charge in [-0.05, 0) is 49.2 Å². The van der Waals surface area contributed by atoms with Gasteiger partial charge in [-0.3, -0.25) is 9.59 Å². The van der Waals surface area contributed by atoms with Gasteiger partial charge in [0.2, 0.25) is 11.8 Å². The Morgan fingerprint density at radius 1 is 1.14 bits per heavy atom. The molecule has 1 fully saturated rings. The van der Waals surface area contributed by atoms with E-state index in [4.69, 9.17) is 23.2 Å². The summed E-state index contributed by atoms with van der Waals surface area (Å²) in [5, 5.41) is 7.22. The fraction of sp³-hybridized carbons (Fsp3) is 0.304. The Kier molecular flexibility index (Phi) is 5.18. The highest BCUT2D eigenvalue weighted by atomic mass is 35.5. The number of fused-ring (bicyclic) bond motifs is 2. The molecule has 2 N–H and O–H groups in total. The Morgan fingerprint density at radius 2 is 1.90 bits per heavy atom. The third-order valence-corrected chi connectivity index (χ3v) is 6.77. The standard InChI is InChI=1S/C23H22Cl2N2O2/c1-3-13(2)18-11-21(28)26-12-19(14-5-4-6-15(24)9-14)23(18)17-8-7-16(25)10-20(17)27-22(23)29/h3-10,18-19H,11-12H2,1-2H3,(H,26,28)(H,27,29)/b13-3+/t18-,19+,23-/m0/s1. The van der Waals surface area contributed by atoms with Crippen LogP contribution in [0.25, 0.3) is 0 Å². The van der Waals surface area contributed by atoms with Crippen molar-refractivity contribution in [3.8, 4) is 0 Å². The van der Waals surface area contributed by atoms with E-state index in [2.05, 4.69) is 10.6 Å². The number of hydrogen-bond donors (Lipinski definition) is 2. The number of amides is 2. The molecule has 0 bridgehead atoms. The zero-order chi connectivity index (χ0) is 20.8. The van der Waals surface area contributed by atoms with Crippen LogP contribution in [-0.4, -0.2) is 18.4 Å². The van der Waals surface area contributed by atoms with Gasteiger partial charge in [0.05, 0.1) is 5.41 Å². The zero-order valence-corrected chi connectivity index (χ0v) is 17.8. The van der Waals surface area contributed by atoms with E-state index in [0.29, 0.717) is 22.3 Å². The molecular weight excluding hydrogens is 407 g/mol. The van der Waals surface area contributed by atoms with Crippen LogP contribution in [0.15, 0.2) is 54.1 Å².